The van der Waals surface area contributed by atoms with E-state index in [2.05, 4.69) is 5.32 Å². The number of hydrogen-bond donors (Lipinski definition) is 1. The lowest BCUT2D eigenvalue weighted by molar-refractivity contribution is -0.113. The Bertz CT molecular complexity index is 899. The summed E-state index contributed by atoms with van der Waals surface area (Å²) in [7, 11) is -0.600. The van der Waals surface area contributed by atoms with Crippen molar-refractivity contribution in [2.24, 2.45) is 0 Å². The fourth-order valence-electron chi connectivity index (χ4n) is 2.18. The van der Waals surface area contributed by atoms with Crippen LogP contribution < -0.4 is 5.32 Å². The third kappa shape index (κ3) is 5.48. The minimum absolute atomic E-state index is 0.148. The molecule has 5 nitrogen and oxygen atoms in total. The first-order chi connectivity index (χ1) is 12.2. The summed E-state index contributed by atoms with van der Waals surface area (Å²) in [5, 5.41) is 3.46. The third-order valence-corrected chi connectivity index (χ3v) is 6.70. The van der Waals surface area contributed by atoms with Gasteiger partial charge in [-0.05, 0) is 42.3 Å². The molecule has 0 heterocycles. The highest BCUT2D eigenvalue weighted by Gasteiger charge is 2.18. The quantitative estimate of drug-likeness (QED) is 0.751. The minimum Gasteiger partial charge on any atom is -0.325 e. The van der Waals surface area contributed by atoms with Gasteiger partial charge in [-0.15, -0.1) is 11.8 Å². The molecule has 0 saturated carbocycles. The Balaban J connectivity index is 2.00. The molecule has 26 heavy (non-hydrogen) atoms. The molecule has 0 aliphatic rings. The van der Waals surface area contributed by atoms with Gasteiger partial charge in [-0.25, -0.2) is 12.7 Å². The van der Waals surface area contributed by atoms with Crippen LogP contribution >= 0.6 is 23.4 Å². The summed E-state index contributed by atoms with van der Waals surface area (Å²) in [6.07, 6.45) is 0. The van der Waals surface area contributed by atoms with Crippen LogP contribution in [-0.2, 0) is 20.6 Å². The molecular weight excluding hydrogens is 392 g/mol. The van der Waals surface area contributed by atoms with Gasteiger partial charge in [-0.2, -0.15) is 0 Å². The number of nitrogens with one attached hydrogen (secondary N) is 1. The number of hydrogen-bond acceptors (Lipinski definition) is 4. The number of benzene rings is 2. The summed E-state index contributed by atoms with van der Waals surface area (Å²) in [5.41, 5.74) is 2.35. The maximum absolute atomic E-state index is 12.2. The number of halogens is 1. The number of rotatable bonds is 7. The molecule has 0 aliphatic heterocycles. The molecule has 0 spiro atoms. The van der Waals surface area contributed by atoms with Gasteiger partial charge in [0.15, 0.2) is 0 Å². The van der Waals surface area contributed by atoms with Crippen molar-refractivity contribution in [1.29, 1.82) is 0 Å². The fourth-order valence-corrected chi connectivity index (χ4v) is 4.10. The first-order valence-corrected chi connectivity index (χ1v) is 10.8. The highest BCUT2D eigenvalue weighted by molar-refractivity contribution is 7.99. The van der Waals surface area contributed by atoms with E-state index >= 15 is 0 Å². The summed E-state index contributed by atoms with van der Waals surface area (Å²) in [6, 6.07) is 12.2. The van der Waals surface area contributed by atoms with E-state index in [4.69, 9.17) is 11.6 Å². The maximum atomic E-state index is 12.2. The lowest BCUT2D eigenvalue weighted by Crippen LogP contribution is -2.22. The molecule has 2 rings (SSSR count). The largest absolute Gasteiger partial charge is 0.325 e. The molecule has 1 N–H and O–H groups in total. The lowest BCUT2D eigenvalue weighted by Gasteiger charge is -2.14. The predicted octanol–water partition coefficient (Wildman–Crippen LogP) is 3.77. The van der Waals surface area contributed by atoms with Gasteiger partial charge in [-0.1, -0.05) is 29.8 Å². The highest BCUT2D eigenvalue weighted by Crippen LogP contribution is 2.23. The Labute approximate surface area is 163 Å². The molecule has 0 atom stereocenters. The van der Waals surface area contributed by atoms with E-state index in [1.807, 2.05) is 25.1 Å². The normalized spacial score (nSPS) is 11.6. The topological polar surface area (TPSA) is 66.5 Å². The summed E-state index contributed by atoms with van der Waals surface area (Å²) >= 11 is 7.41. The van der Waals surface area contributed by atoms with E-state index in [1.54, 1.807) is 12.1 Å². The summed E-state index contributed by atoms with van der Waals surface area (Å²) in [5.74, 6) is 0.748. The van der Waals surface area contributed by atoms with Crippen molar-refractivity contribution in [2.75, 3.05) is 25.2 Å². The number of nitrogens with zero attached hydrogens (tertiary/aromatic N) is 1. The van der Waals surface area contributed by atoms with Crippen LogP contribution in [0.15, 0.2) is 47.4 Å². The van der Waals surface area contributed by atoms with Gasteiger partial charge in [0, 0.05) is 30.6 Å². The van der Waals surface area contributed by atoms with Crippen LogP contribution in [0.4, 0.5) is 5.69 Å². The van der Waals surface area contributed by atoms with Crippen LogP contribution in [0.5, 0.6) is 0 Å². The van der Waals surface area contributed by atoms with Crippen molar-refractivity contribution in [3.05, 3.63) is 58.6 Å². The van der Waals surface area contributed by atoms with E-state index in [0.717, 1.165) is 15.4 Å². The average molecular weight is 413 g/mol. The molecule has 0 aromatic heterocycles. The lowest BCUT2D eigenvalue weighted by atomic mass is 10.2. The number of aryl methyl sites for hydroxylation is 1. The molecule has 0 radical (unpaired) electrons. The fraction of sp³-hybridized carbons (Fsp3) is 0.278. The number of thioether (sulfide) groups is 1. The number of carbonyl (C=O) groups excluding carboxylic acids is 1. The molecule has 0 bridgehead atoms. The SMILES string of the molecule is Cc1ccc(S(=O)(=O)N(C)C)cc1NC(=O)CSCc1cccc(Cl)c1. The zero-order chi connectivity index (χ0) is 19.3. The first-order valence-electron chi connectivity index (χ1n) is 7.85. The van der Waals surface area contributed by atoms with Gasteiger partial charge >= 0.3 is 0 Å². The smallest absolute Gasteiger partial charge is 0.242 e. The van der Waals surface area contributed by atoms with Gasteiger partial charge in [0.05, 0.1) is 10.6 Å². The minimum atomic E-state index is -3.54. The highest BCUT2D eigenvalue weighted by atomic mass is 35.5. The van der Waals surface area contributed by atoms with Crippen LogP contribution in [0.3, 0.4) is 0 Å². The molecular formula is C18H21ClN2O3S2. The molecule has 0 unspecified atom stereocenters. The van der Waals surface area contributed by atoms with Gasteiger partial charge in [0.2, 0.25) is 15.9 Å². The van der Waals surface area contributed by atoms with Crippen LogP contribution in [0.1, 0.15) is 11.1 Å². The van der Waals surface area contributed by atoms with Crippen molar-refractivity contribution in [3.8, 4) is 0 Å². The van der Waals surface area contributed by atoms with Crippen LogP contribution in [0, 0.1) is 6.92 Å². The van der Waals surface area contributed by atoms with Gasteiger partial charge < -0.3 is 5.32 Å². The molecule has 140 valence electrons. The predicted molar refractivity (Wildman–Crippen MR) is 108 cm³/mol. The van der Waals surface area contributed by atoms with E-state index in [1.165, 1.54) is 38.0 Å². The van der Waals surface area contributed by atoms with Crippen LogP contribution in [-0.4, -0.2) is 38.5 Å². The Hall–Kier alpha value is -1.54. The average Bonchev–Trinajstić information content (AvgIpc) is 2.56. The van der Waals surface area contributed by atoms with Crippen molar-refractivity contribution in [1.82, 2.24) is 4.31 Å². The number of anilines is 1. The van der Waals surface area contributed by atoms with Gasteiger partial charge in [0.25, 0.3) is 0 Å². The Morgan fingerprint density at radius 3 is 2.58 bits per heavy atom. The van der Waals surface area contributed by atoms with E-state index in [0.29, 0.717) is 16.5 Å². The molecule has 2 aromatic carbocycles. The van der Waals surface area contributed by atoms with Gasteiger partial charge in [0.1, 0.15) is 0 Å². The molecule has 1 amide bonds. The number of carbonyl (C=O) groups is 1. The third-order valence-electron chi connectivity index (χ3n) is 3.65. The van der Waals surface area contributed by atoms with Crippen LogP contribution in [0.2, 0.25) is 5.02 Å². The monoisotopic (exact) mass is 412 g/mol. The Morgan fingerprint density at radius 2 is 1.92 bits per heavy atom. The van der Waals surface area contributed by atoms with Gasteiger partial charge in [-0.3, -0.25) is 4.79 Å². The van der Waals surface area contributed by atoms with Crippen molar-refractivity contribution >= 4 is 45.0 Å². The summed E-state index contributed by atoms with van der Waals surface area (Å²) < 4.78 is 25.6. The zero-order valence-corrected chi connectivity index (χ0v) is 17.2. The molecule has 0 aliphatic carbocycles. The number of sulfonamides is 1. The maximum Gasteiger partial charge on any atom is 0.242 e. The summed E-state index contributed by atoms with van der Waals surface area (Å²) in [6.45, 7) is 1.82. The second-order valence-corrected chi connectivity index (χ2v) is 9.51. The van der Waals surface area contributed by atoms with E-state index in [-0.39, 0.29) is 16.6 Å². The molecule has 0 saturated heterocycles. The Morgan fingerprint density at radius 1 is 1.19 bits per heavy atom. The van der Waals surface area contributed by atoms with E-state index in [9.17, 15) is 13.2 Å². The van der Waals surface area contributed by atoms with Crippen molar-refractivity contribution in [2.45, 2.75) is 17.6 Å². The second kappa shape index (κ2) is 8.90. The zero-order valence-electron chi connectivity index (χ0n) is 14.8. The molecule has 2 aromatic rings. The Kier molecular flexibility index (Phi) is 7.11. The second-order valence-electron chi connectivity index (χ2n) is 5.94. The molecule has 8 heteroatoms. The van der Waals surface area contributed by atoms with Crippen LogP contribution in [0.25, 0.3) is 0 Å². The first kappa shape index (κ1) is 20.8. The van der Waals surface area contributed by atoms with E-state index < -0.39 is 10.0 Å². The standard InChI is InChI=1S/C18H21ClN2O3S2/c1-13-7-8-16(26(23,24)21(2)3)10-17(13)20-18(22)12-25-11-14-5-4-6-15(19)9-14/h4-10H,11-12H2,1-3H3,(H,20,22). The van der Waals surface area contributed by atoms with Crippen molar-refractivity contribution < 1.29 is 13.2 Å². The number of amides is 1. The van der Waals surface area contributed by atoms with Crippen molar-refractivity contribution in [3.63, 3.8) is 0 Å². The summed E-state index contributed by atoms with van der Waals surface area (Å²) in [4.78, 5) is 12.3. The molecule has 0 fully saturated rings.